The topological polar surface area (TPSA) is 89.5 Å². The summed E-state index contributed by atoms with van der Waals surface area (Å²) in [6, 6.07) is 11.2. The number of hydrogen-bond donors (Lipinski definition) is 0. The van der Waals surface area contributed by atoms with Crippen LogP contribution in [0.3, 0.4) is 0 Å². The molecule has 2 aromatic heterocycles. The summed E-state index contributed by atoms with van der Waals surface area (Å²) in [4.78, 5) is 13.2. The van der Waals surface area contributed by atoms with E-state index < -0.39 is 0 Å². The van der Waals surface area contributed by atoms with Crippen LogP contribution in [0, 0.1) is 10.1 Å². The monoisotopic (exact) mass is 350 g/mol. The smallest absolute Gasteiger partial charge is 0.274 e. The summed E-state index contributed by atoms with van der Waals surface area (Å²) in [5.41, 5.74) is 1.61. The standard InChI is InChI=1S/C18H18N6O2/c25-24(26)15-4-2-1-3-13(15)11-22(14-7-8-14)17-10-9-16-19-20-18(12-5-6-12)23(16)21-17/h1-4,9-10,12,14H,5-8,11H2. The second-order valence-electron chi connectivity index (χ2n) is 7.04. The fourth-order valence-electron chi connectivity index (χ4n) is 3.33. The summed E-state index contributed by atoms with van der Waals surface area (Å²) in [5.74, 6) is 2.19. The Balaban J connectivity index is 1.53. The number of anilines is 1. The van der Waals surface area contributed by atoms with Crippen molar-refractivity contribution in [2.45, 2.75) is 44.2 Å². The molecule has 2 aliphatic carbocycles. The number of nitro groups is 1. The number of nitrogens with zero attached hydrogens (tertiary/aromatic N) is 6. The van der Waals surface area contributed by atoms with Crippen molar-refractivity contribution in [3.05, 3.63) is 57.9 Å². The van der Waals surface area contributed by atoms with Crippen LogP contribution in [-0.2, 0) is 6.54 Å². The highest BCUT2D eigenvalue weighted by Crippen LogP contribution is 2.39. The average Bonchev–Trinajstić information content (AvgIpc) is 3.57. The maximum atomic E-state index is 11.3. The van der Waals surface area contributed by atoms with Crippen molar-refractivity contribution in [2.24, 2.45) is 0 Å². The fraction of sp³-hybridized carbons (Fsp3) is 0.389. The molecule has 0 amide bonds. The van der Waals surface area contributed by atoms with Crippen molar-refractivity contribution in [1.82, 2.24) is 19.8 Å². The lowest BCUT2D eigenvalue weighted by Crippen LogP contribution is -2.27. The van der Waals surface area contributed by atoms with E-state index in [2.05, 4.69) is 15.1 Å². The van der Waals surface area contributed by atoms with Gasteiger partial charge in [0.05, 0.1) is 11.5 Å². The Morgan fingerprint density at radius 2 is 1.92 bits per heavy atom. The number of fused-ring (bicyclic) bond motifs is 1. The maximum Gasteiger partial charge on any atom is 0.274 e. The van der Waals surface area contributed by atoms with Gasteiger partial charge in [0.25, 0.3) is 5.69 Å². The highest BCUT2D eigenvalue weighted by atomic mass is 16.6. The summed E-state index contributed by atoms with van der Waals surface area (Å²) >= 11 is 0. The zero-order chi connectivity index (χ0) is 17.7. The normalized spacial score (nSPS) is 16.8. The molecule has 26 heavy (non-hydrogen) atoms. The minimum absolute atomic E-state index is 0.155. The number of nitro benzene ring substituents is 1. The van der Waals surface area contributed by atoms with Crippen LogP contribution in [0.4, 0.5) is 11.5 Å². The molecule has 0 atom stereocenters. The first kappa shape index (κ1) is 15.2. The first-order valence-electron chi connectivity index (χ1n) is 8.92. The van der Waals surface area contributed by atoms with Crippen LogP contribution >= 0.6 is 0 Å². The molecule has 2 aliphatic rings. The molecule has 0 bridgehead atoms. The van der Waals surface area contributed by atoms with Crippen molar-refractivity contribution in [3.8, 4) is 0 Å². The van der Waals surface area contributed by atoms with Gasteiger partial charge in [0.15, 0.2) is 11.5 Å². The van der Waals surface area contributed by atoms with Crippen molar-refractivity contribution >= 4 is 17.2 Å². The molecule has 132 valence electrons. The number of rotatable bonds is 6. The second kappa shape index (κ2) is 5.76. The third-order valence-corrected chi connectivity index (χ3v) is 5.03. The van der Waals surface area contributed by atoms with Crippen LogP contribution < -0.4 is 4.90 Å². The molecule has 5 rings (SSSR count). The van der Waals surface area contributed by atoms with Gasteiger partial charge >= 0.3 is 0 Å². The molecule has 8 nitrogen and oxygen atoms in total. The zero-order valence-electron chi connectivity index (χ0n) is 14.2. The molecule has 2 saturated carbocycles. The summed E-state index contributed by atoms with van der Waals surface area (Å²) in [6.45, 7) is 0.473. The second-order valence-corrected chi connectivity index (χ2v) is 7.04. The van der Waals surface area contributed by atoms with Crippen LogP contribution in [0.2, 0.25) is 0 Å². The minimum atomic E-state index is -0.317. The lowest BCUT2D eigenvalue weighted by molar-refractivity contribution is -0.385. The van der Waals surface area contributed by atoms with Crippen molar-refractivity contribution in [2.75, 3.05) is 4.90 Å². The average molecular weight is 350 g/mol. The third-order valence-electron chi connectivity index (χ3n) is 5.03. The Morgan fingerprint density at radius 1 is 1.12 bits per heavy atom. The number of benzene rings is 1. The maximum absolute atomic E-state index is 11.3. The van der Waals surface area contributed by atoms with Crippen LogP contribution in [0.5, 0.6) is 0 Å². The molecule has 3 aromatic rings. The quantitative estimate of drug-likeness (QED) is 0.501. The highest BCUT2D eigenvalue weighted by molar-refractivity contribution is 5.50. The van der Waals surface area contributed by atoms with Gasteiger partial charge in [0.1, 0.15) is 5.82 Å². The molecular weight excluding hydrogens is 332 g/mol. The SMILES string of the molecule is O=[N+]([O-])c1ccccc1CN(c1ccc2nnc(C3CC3)n2n1)C1CC1. The summed E-state index contributed by atoms with van der Waals surface area (Å²) in [7, 11) is 0. The Labute approximate surface area is 149 Å². The van der Waals surface area contributed by atoms with Crippen molar-refractivity contribution < 1.29 is 4.92 Å². The van der Waals surface area contributed by atoms with E-state index in [-0.39, 0.29) is 10.6 Å². The van der Waals surface area contributed by atoms with E-state index in [1.54, 1.807) is 12.1 Å². The van der Waals surface area contributed by atoms with Gasteiger partial charge in [-0.1, -0.05) is 18.2 Å². The van der Waals surface area contributed by atoms with Gasteiger partial charge in [0.2, 0.25) is 0 Å². The Hall–Kier alpha value is -3.03. The van der Waals surface area contributed by atoms with Crippen LogP contribution in [0.1, 0.15) is 43.0 Å². The molecule has 2 fully saturated rings. The number of aromatic nitrogens is 4. The molecule has 0 N–H and O–H groups in total. The highest BCUT2D eigenvalue weighted by Gasteiger charge is 2.33. The molecule has 0 aliphatic heterocycles. The van der Waals surface area contributed by atoms with Gasteiger partial charge in [-0.15, -0.1) is 15.3 Å². The van der Waals surface area contributed by atoms with Crippen LogP contribution in [-0.4, -0.2) is 30.8 Å². The summed E-state index contributed by atoms with van der Waals surface area (Å²) in [5, 5.41) is 24.6. The van der Waals surface area contributed by atoms with Gasteiger partial charge in [-0.2, -0.15) is 4.52 Å². The van der Waals surface area contributed by atoms with E-state index in [0.717, 1.165) is 43.0 Å². The number of hydrogen-bond acceptors (Lipinski definition) is 6. The van der Waals surface area contributed by atoms with Crippen molar-refractivity contribution in [3.63, 3.8) is 0 Å². The molecular formula is C18H18N6O2. The Bertz CT molecular complexity index is 992. The van der Waals surface area contributed by atoms with Crippen LogP contribution in [0.15, 0.2) is 36.4 Å². The Morgan fingerprint density at radius 3 is 2.65 bits per heavy atom. The molecule has 0 spiro atoms. The molecule has 1 aromatic carbocycles. The third kappa shape index (κ3) is 2.67. The van der Waals surface area contributed by atoms with Crippen molar-refractivity contribution in [1.29, 1.82) is 0 Å². The first-order valence-corrected chi connectivity index (χ1v) is 8.92. The predicted molar refractivity (Wildman–Crippen MR) is 95.1 cm³/mol. The van der Waals surface area contributed by atoms with E-state index in [1.807, 2.05) is 28.8 Å². The van der Waals surface area contributed by atoms with Crippen LogP contribution in [0.25, 0.3) is 5.65 Å². The number of para-hydroxylation sites is 1. The zero-order valence-corrected chi connectivity index (χ0v) is 14.2. The summed E-state index contributed by atoms with van der Waals surface area (Å²) in [6.07, 6.45) is 4.43. The van der Waals surface area contributed by atoms with Gasteiger partial charge in [-0.25, -0.2) is 0 Å². The molecule has 0 saturated heterocycles. The fourth-order valence-corrected chi connectivity index (χ4v) is 3.33. The lowest BCUT2D eigenvalue weighted by atomic mass is 10.1. The van der Waals surface area contributed by atoms with Gasteiger partial charge in [-0.05, 0) is 37.8 Å². The largest absolute Gasteiger partial charge is 0.348 e. The van der Waals surface area contributed by atoms with E-state index in [1.165, 1.54) is 0 Å². The van der Waals surface area contributed by atoms with E-state index >= 15 is 0 Å². The lowest BCUT2D eigenvalue weighted by Gasteiger charge is -2.23. The van der Waals surface area contributed by atoms with Gasteiger partial charge in [-0.3, -0.25) is 10.1 Å². The van der Waals surface area contributed by atoms with E-state index in [0.29, 0.717) is 24.1 Å². The summed E-state index contributed by atoms with van der Waals surface area (Å²) < 4.78 is 1.84. The molecule has 0 radical (unpaired) electrons. The molecule has 8 heteroatoms. The molecule has 0 unspecified atom stereocenters. The molecule has 2 heterocycles. The van der Waals surface area contributed by atoms with E-state index in [4.69, 9.17) is 5.10 Å². The van der Waals surface area contributed by atoms with E-state index in [9.17, 15) is 10.1 Å². The first-order chi connectivity index (χ1) is 12.7. The Kier molecular flexibility index (Phi) is 3.37. The van der Waals surface area contributed by atoms with Gasteiger partial charge < -0.3 is 4.90 Å². The minimum Gasteiger partial charge on any atom is -0.348 e. The van der Waals surface area contributed by atoms with Gasteiger partial charge in [0, 0.05) is 23.6 Å². The predicted octanol–water partition coefficient (Wildman–Crippen LogP) is 3.08.